The molecule has 0 saturated carbocycles. The molecule has 0 amide bonds. The number of hydrogen-bond donors (Lipinski definition) is 2. The molecule has 1 unspecified atom stereocenters. The van der Waals surface area contributed by atoms with Crippen LogP contribution >= 0.6 is 0 Å². The third kappa shape index (κ3) is 7.08. The molecule has 1 atom stereocenters. The second-order valence-electron chi connectivity index (χ2n) is 15.9. The van der Waals surface area contributed by atoms with E-state index in [0.29, 0.717) is 0 Å². The zero-order chi connectivity index (χ0) is 42.1. The van der Waals surface area contributed by atoms with Crippen LogP contribution in [0, 0.1) is 0 Å². The van der Waals surface area contributed by atoms with E-state index in [2.05, 4.69) is 171 Å². The van der Waals surface area contributed by atoms with Gasteiger partial charge in [0.1, 0.15) is 11.2 Å². The maximum Gasteiger partial charge on any atom is 0.142 e. The summed E-state index contributed by atoms with van der Waals surface area (Å²) < 4.78 is 10.8. The molecular weight excluding hydrogens is 771 g/mol. The highest BCUT2D eigenvalue weighted by Crippen LogP contribution is 2.38. The van der Waals surface area contributed by atoms with Crippen molar-refractivity contribution in [3.8, 4) is 11.4 Å². The number of nitrogens with one attached hydrogen (secondary N) is 1. The van der Waals surface area contributed by atoms with E-state index >= 15 is 0 Å². The molecule has 11 aromatic rings. The minimum atomic E-state index is 0.0239. The first kappa shape index (κ1) is 37.8. The van der Waals surface area contributed by atoms with E-state index in [1.54, 1.807) is 0 Å². The molecule has 0 fully saturated rings. The van der Waals surface area contributed by atoms with Crippen LogP contribution < -0.4 is 11.2 Å². The average Bonchev–Trinajstić information content (AvgIpc) is 3.99. The Bertz CT molecular complexity index is 3360. The van der Waals surface area contributed by atoms with E-state index in [0.717, 1.165) is 56.5 Å². The Morgan fingerprint density at radius 1 is 0.524 bits per heavy atom. The van der Waals surface area contributed by atoms with Crippen molar-refractivity contribution in [2.75, 3.05) is 5.43 Å². The Labute approximate surface area is 364 Å². The second kappa shape index (κ2) is 16.3. The van der Waals surface area contributed by atoms with Gasteiger partial charge in [-0.2, -0.15) is 5.10 Å². The van der Waals surface area contributed by atoms with Gasteiger partial charge in [0.2, 0.25) is 0 Å². The Kier molecular flexibility index (Phi) is 9.80. The van der Waals surface area contributed by atoms with Crippen LogP contribution in [0.1, 0.15) is 17.5 Å². The molecular formula is C57H43N5O. The first-order chi connectivity index (χ1) is 31.2. The predicted octanol–water partition coefficient (Wildman–Crippen LogP) is 14.1. The van der Waals surface area contributed by atoms with Crippen molar-refractivity contribution in [2.45, 2.75) is 12.5 Å². The van der Waals surface area contributed by atoms with Crippen LogP contribution in [0.3, 0.4) is 0 Å². The molecule has 63 heavy (non-hydrogen) atoms. The molecule has 302 valence electrons. The van der Waals surface area contributed by atoms with Crippen molar-refractivity contribution in [2.24, 2.45) is 10.8 Å². The molecule has 0 saturated heterocycles. The molecule has 8 aromatic carbocycles. The van der Waals surface area contributed by atoms with E-state index in [-0.39, 0.29) is 6.04 Å². The largest absolute Gasteiger partial charge is 0.455 e. The first-order valence-electron chi connectivity index (χ1n) is 21.3. The summed E-state index contributed by atoms with van der Waals surface area (Å²) in [4.78, 5) is 0. The molecule has 6 heteroatoms. The number of rotatable bonds is 6. The Morgan fingerprint density at radius 2 is 1.05 bits per heavy atom. The summed E-state index contributed by atoms with van der Waals surface area (Å²) in [5, 5.41) is 11.9. The quantitative estimate of drug-likeness (QED) is 0.130. The summed E-state index contributed by atoms with van der Waals surface area (Å²) in [7, 11) is 0. The van der Waals surface area contributed by atoms with Gasteiger partial charge in [0, 0.05) is 43.9 Å². The van der Waals surface area contributed by atoms with Crippen LogP contribution in [-0.2, 0) is 0 Å². The lowest BCUT2D eigenvalue weighted by Gasteiger charge is -2.15. The monoisotopic (exact) mass is 813 g/mol. The fourth-order valence-corrected chi connectivity index (χ4v) is 9.07. The lowest BCUT2D eigenvalue weighted by molar-refractivity contribution is 0.667. The average molecular weight is 814 g/mol. The third-order valence-electron chi connectivity index (χ3n) is 11.9. The van der Waals surface area contributed by atoms with Gasteiger partial charge in [0.05, 0.1) is 45.3 Å². The fraction of sp³-hybridized carbons (Fsp3) is 0.0351. The molecule has 1 aliphatic carbocycles. The lowest BCUT2D eigenvalue weighted by Crippen LogP contribution is -2.17. The highest BCUT2D eigenvalue weighted by molar-refractivity contribution is 6.11. The van der Waals surface area contributed by atoms with Gasteiger partial charge in [-0.15, -0.1) is 0 Å². The van der Waals surface area contributed by atoms with E-state index < -0.39 is 0 Å². The molecule has 6 nitrogen and oxygen atoms in total. The van der Waals surface area contributed by atoms with Crippen LogP contribution in [-0.4, -0.2) is 21.4 Å². The molecule has 3 aromatic heterocycles. The standard InChI is InChI=1S/C37H26N4.C20H17NO/c1-2-12-26(13-3-1)25-38-39-27-22-28(40-34-18-8-4-14-30(34)31-15-5-9-19-35(31)40)24-29(23-27)41-36-20-10-6-16-32(36)33-17-7-11-21-37(33)41;21-15-8-3-1-2-7-14(13-15)16-10-6-11-18-17-9-4-5-12-19(17)22-20(16)18/h1-25,39H;1-12,15H,13,21H2/b38-25+;2-1-,8-3+,14-7+. The van der Waals surface area contributed by atoms with E-state index in [1.807, 2.05) is 73.0 Å². The molecule has 0 radical (unpaired) electrons. The number of nitrogens with two attached hydrogens (primary N) is 1. The number of allylic oxidation sites excluding steroid dienone is 4. The fourth-order valence-electron chi connectivity index (χ4n) is 9.07. The topological polar surface area (TPSA) is 73.4 Å². The van der Waals surface area contributed by atoms with E-state index in [1.165, 1.54) is 49.2 Å². The van der Waals surface area contributed by atoms with Gasteiger partial charge >= 0.3 is 0 Å². The van der Waals surface area contributed by atoms with Crippen LogP contribution in [0.4, 0.5) is 5.69 Å². The zero-order valence-corrected chi connectivity index (χ0v) is 34.5. The molecule has 3 heterocycles. The van der Waals surface area contributed by atoms with Crippen molar-refractivity contribution >= 4 is 83.0 Å². The number of benzene rings is 8. The van der Waals surface area contributed by atoms with Crippen molar-refractivity contribution in [3.63, 3.8) is 0 Å². The van der Waals surface area contributed by atoms with Gasteiger partial charge < -0.3 is 19.3 Å². The highest BCUT2D eigenvalue weighted by Gasteiger charge is 2.18. The van der Waals surface area contributed by atoms with Crippen LogP contribution in [0.25, 0.3) is 82.5 Å². The van der Waals surface area contributed by atoms with Crippen LogP contribution in [0.15, 0.2) is 228 Å². The van der Waals surface area contributed by atoms with Crippen LogP contribution in [0.5, 0.6) is 0 Å². The van der Waals surface area contributed by atoms with Gasteiger partial charge in [-0.25, -0.2) is 0 Å². The molecule has 1 aliphatic rings. The lowest BCUT2D eigenvalue weighted by atomic mass is 9.95. The third-order valence-corrected chi connectivity index (χ3v) is 11.9. The number of para-hydroxylation sites is 6. The molecule has 0 aliphatic heterocycles. The van der Waals surface area contributed by atoms with Gasteiger partial charge in [0.25, 0.3) is 0 Å². The number of hydrazone groups is 1. The molecule has 0 bridgehead atoms. The van der Waals surface area contributed by atoms with E-state index in [4.69, 9.17) is 10.2 Å². The smallest absolute Gasteiger partial charge is 0.142 e. The number of furan rings is 1. The summed E-state index contributed by atoms with van der Waals surface area (Å²) in [6.07, 6.45) is 12.9. The minimum Gasteiger partial charge on any atom is -0.455 e. The van der Waals surface area contributed by atoms with Gasteiger partial charge in [-0.05, 0) is 66.1 Å². The Balaban J connectivity index is 0.000000170. The SMILES string of the molecule is C(=N\Nc1cc(-n2c3ccccc3c3ccccc32)cc(-n2c3ccccc3c3ccccc32)c1)/c1ccccc1.NC1/C=C/C=C\C=C(\c2cccc3c2oc2ccccc23)C1. The van der Waals surface area contributed by atoms with Gasteiger partial charge in [0.15, 0.2) is 0 Å². The maximum atomic E-state index is 6.16. The summed E-state index contributed by atoms with van der Waals surface area (Å²) in [5.41, 5.74) is 22.5. The van der Waals surface area contributed by atoms with Gasteiger partial charge in [-0.3, -0.25) is 5.43 Å². The summed E-state index contributed by atoms with van der Waals surface area (Å²) in [6, 6.07) is 65.8. The zero-order valence-electron chi connectivity index (χ0n) is 34.5. The maximum absolute atomic E-state index is 6.16. The second-order valence-corrected chi connectivity index (χ2v) is 15.9. The number of hydrogen-bond acceptors (Lipinski definition) is 4. The van der Waals surface area contributed by atoms with Crippen molar-refractivity contribution in [1.29, 1.82) is 0 Å². The summed E-state index contributed by atoms with van der Waals surface area (Å²) >= 11 is 0. The summed E-state index contributed by atoms with van der Waals surface area (Å²) in [6.45, 7) is 0. The van der Waals surface area contributed by atoms with Crippen molar-refractivity contribution in [1.82, 2.24) is 9.13 Å². The molecule has 3 N–H and O–H groups in total. The highest BCUT2D eigenvalue weighted by atomic mass is 16.3. The first-order valence-corrected chi connectivity index (χ1v) is 21.3. The Hall–Kier alpha value is -8.19. The Morgan fingerprint density at radius 3 is 1.65 bits per heavy atom. The summed E-state index contributed by atoms with van der Waals surface area (Å²) in [5.74, 6) is 0. The van der Waals surface area contributed by atoms with Crippen molar-refractivity contribution in [3.05, 3.63) is 230 Å². The van der Waals surface area contributed by atoms with E-state index in [9.17, 15) is 0 Å². The molecule has 0 spiro atoms. The molecule has 12 rings (SSSR count). The normalized spacial score (nSPS) is 16.0. The van der Waals surface area contributed by atoms with Gasteiger partial charge in [-0.1, -0.05) is 170 Å². The predicted molar refractivity (Wildman–Crippen MR) is 265 cm³/mol. The number of aromatic nitrogens is 2. The number of fused-ring (bicyclic) bond motifs is 9. The minimum absolute atomic E-state index is 0.0239. The van der Waals surface area contributed by atoms with Crippen LogP contribution in [0.2, 0.25) is 0 Å². The van der Waals surface area contributed by atoms with Crippen molar-refractivity contribution < 1.29 is 4.42 Å². The number of nitrogens with zero attached hydrogens (tertiary/aromatic N) is 3. The number of anilines is 1.